The number of hydrogen-bond acceptors (Lipinski definition) is 7. The first kappa shape index (κ1) is 16.7. The van der Waals surface area contributed by atoms with E-state index in [1.807, 2.05) is 19.1 Å². The summed E-state index contributed by atoms with van der Waals surface area (Å²) in [6.45, 7) is 5.33. The van der Waals surface area contributed by atoms with Crippen molar-refractivity contribution in [1.82, 2.24) is 30.3 Å². The largest absolute Gasteiger partial charge is 0.465 e. The predicted octanol–water partition coefficient (Wildman–Crippen LogP) is 0.829. The molecule has 1 aliphatic rings. The summed E-state index contributed by atoms with van der Waals surface area (Å²) in [6.07, 6.45) is 1.67. The molecule has 0 bridgehead atoms. The van der Waals surface area contributed by atoms with Crippen LogP contribution in [0.1, 0.15) is 27.9 Å². The zero-order chi connectivity index (χ0) is 17.9. The van der Waals surface area contributed by atoms with Crippen molar-refractivity contribution in [2.75, 3.05) is 32.8 Å². The number of pyridine rings is 1. The molecule has 1 amide bonds. The molecular weight excluding hydrogens is 336 g/mol. The minimum absolute atomic E-state index is 0.0324. The molecule has 136 valence electrons. The summed E-state index contributed by atoms with van der Waals surface area (Å²) in [7, 11) is 0. The number of rotatable bonds is 5. The van der Waals surface area contributed by atoms with Crippen molar-refractivity contribution in [2.45, 2.75) is 13.0 Å². The predicted molar refractivity (Wildman–Crippen MR) is 91.7 cm³/mol. The van der Waals surface area contributed by atoms with E-state index in [9.17, 15) is 4.79 Å². The summed E-state index contributed by atoms with van der Waals surface area (Å²) < 4.78 is 12.8. The summed E-state index contributed by atoms with van der Waals surface area (Å²) in [4.78, 5) is 14.8. The fourth-order valence-electron chi connectivity index (χ4n) is 3.10. The number of ether oxygens (including phenoxy) is 1. The van der Waals surface area contributed by atoms with Gasteiger partial charge in [-0.3, -0.25) is 9.69 Å². The number of fused-ring (bicyclic) bond motifs is 1. The van der Waals surface area contributed by atoms with Crippen molar-refractivity contribution < 1.29 is 13.9 Å². The average Bonchev–Trinajstić information content (AvgIpc) is 3.31. The van der Waals surface area contributed by atoms with Gasteiger partial charge >= 0.3 is 0 Å². The van der Waals surface area contributed by atoms with Gasteiger partial charge < -0.3 is 14.5 Å². The lowest BCUT2D eigenvalue weighted by molar-refractivity contribution is 0.0117. The molecule has 0 aliphatic carbocycles. The quantitative estimate of drug-likeness (QED) is 0.723. The lowest BCUT2D eigenvalue weighted by atomic mass is 10.1. The van der Waals surface area contributed by atoms with E-state index >= 15 is 0 Å². The van der Waals surface area contributed by atoms with Crippen LogP contribution in [0.2, 0.25) is 0 Å². The number of amides is 1. The molecule has 0 aromatic carbocycles. The second-order valence-electron chi connectivity index (χ2n) is 6.22. The molecular formula is C17H20N6O3. The summed E-state index contributed by atoms with van der Waals surface area (Å²) >= 11 is 0. The molecule has 0 spiro atoms. The van der Waals surface area contributed by atoms with Crippen LogP contribution in [-0.4, -0.2) is 63.7 Å². The van der Waals surface area contributed by atoms with Crippen molar-refractivity contribution in [1.29, 1.82) is 0 Å². The molecule has 1 fully saturated rings. The van der Waals surface area contributed by atoms with Crippen LogP contribution in [0.3, 0.4) is 0 Å². The molecule has 1 aliphatic heterocycles. The van der Waals surface area contributed by atoms with Crippen LogP contribution in [0.15, 0.2) is 34.9 Å². The Balaban J connectivity index is 1.48. The van der Waals surface area contributed by atoms with Gasteiger partial charge in [0.2, 0.25) is 0 Å². The Morgan fingerprint density at radius 3 is 2.92 bits per heavy atom. The van der Waals surface area contributed by atoms with Gasteiger partial charge in [0.05, 0.1) is 19.3 Å². The van der Waals surface area contributed by atoms with Crippen LogP contribution in [0.25, 0.3) is 5.65 Å². The number of hydrogen-bond donors (Lipinski definition) is 1. The highest BCUT2D eigenvalue weighted by atomic mass is 16.5. The van der Waals surface area contributed by atoms with Gasteiger partial charge in [0.1, 0.15) is 11.5 Å². The van der Waals surface area contributed by atoms with Crippen molar-refractivity contribution in [3.63, 3.8) is 0 Å². The summed E-state index contributed by atoms with van der Waals surface area (Å²) in [5, 5.41) is 14.2. The van der Waals surface area contributed by atoms with Crippen molar-refractivity contribution in [2.24, 2.45) is 0 Å². The molecule has 9 heteroatoms. The van der Waals surface area contributed by atoms with E-state index in [1.165, 1.54) is 4.52 Å². The highest BCUT2D eigenvalue weighted by Crippen LogP contribution is 2.23. The molecule has 1 saturated heterocycles. The fourth-order valence-corrected chi connectivity index (χ4v) is 3.10. The van der Waals surface area contributed by atoms with Gasteiger partial charge in [-0.05, 0) is 41.6 Å². The smallest absolute Gasteiger partial charge is 0.251 e. The van der Waals surface area contributed by atoms with Crippen molar-refractivity contribution in [3.8, 4) is 0 Å². The minimum atomic E-state index is -0.169. The van der Waals surface area contributed by atoms with Gasteiger partial charge in [-0.25, -0.2) is 4.52 Å². The van der Waals surface area contributed by atoms with E-state index < -0.39 is 0 Å². The molecule has 3 aromatic heterocycles. The number of aryl methyl sites for hydroxylation is 1. The second-order valence-corrected chi connectivity index (χ2v) is 6.22. The monoisotopic (exact) mass is 356 g/mol. The summed E-state index contributed by atoms with van der Waals surface area (Å²) in [6, 6.07) is 7.23. The van der Waals surface area contributed by atoms with E-state index in [-0.39, 0.29) is 11.9 Å². The minimum Gasteiger partial charge on any atom is -0.465 e. The van der Waals surface area contributed by atoms with Gasteiger partial charge in [-0.1, -0.05) is 0 Å². The average molecular weight is 356 g/mol. The molecule has 0 saturated carbocycles. The van der Waals surface area contributed by atoms with Crippen LogP contribution >= 0.6 is 0 Å². The van der Waals surface area contributed by atoms with Crippen molar-refractivity contribution >= 4 is 11.6 Å². The van der Waals surface area contributed by atoms with E-state index in [0.29, 0.717) is 31.0 Å². The van der Waals surface area contributed by atoms with Gasteiger partial charge in [0.25, 0.3) is 5.91 Å². The molecule has 0 radical (unpaired) electrons. The number of nitrogens with zero attached hydrogens (tertiary/aromatic N) is 5. The van der Waals surface area contributed by atoms with E-state index in [1.54, 1.807) is 18.3 Å². The number of tetrazole rings is 1. The van der Waals surface area contributed by atoms with Gasteiger partial charge in [-0.2, -0.15) is 0 Å². The zero-order valence-corrected chi connectivity index (χ0v) is 14.5. The second kappa shape index (κ2) is 7.22. The van der Waals surface area contributed by atoms with E-state index in [4.69, 9.17) is 9.15 Å². The van der Waals surface area contributed by atoms with Gasteiger partial charge in [0, 0.05) is 31.4 Å². The molecule has 9 nitrogen and oxygen atoms in total. The van der Waals surface area contributed by atoms with Crippen molar-refractivity contribution in [3.05, 3.63) is 47.5 Å². The molecule has 1 atom stereocenters. The fraction of sp³-hybridized carbons (Fsp3) is 0.412. The number of carbonyl (C=O) groups is 1. The van der Waals surface area contributed by atoms with Crippen LogP contribution in [0.4, 0.5) is 0 Å². The maximum atomic E-state index is 12.6. The lowest BCUT2D eigenvalue weighted by Gasteiger charge is -2.33. The third kappa shape index (κ3) is 3.44. The third-order valence-electron chi connectivity index (χ3n) is 4.49. The van der Waals surface area contributed by atoms with Crippen LogP contribution in [0, 0.1) is 6.92 Å². The summed E-state index contributed by atoms with van der Waals surface area (Å²) in [5.41, 5.74) is 1.05. The van der Waals surface area contributed by atoms with Crippen LogP contribution in [0.5, 0.6) is 0 Å². The Labute approximate surface area is 149 Å². The molecule has 26 heavy (non-hydrogen) atoms. The Morgan fingerprint density at radius 1 is 1.31 bits per heavy atom. The lowest BCUT2D eigenvalue weighted by Crippen LogP contribution is -2.43. The SMILES string of the molecule is Cc1ccc([C@H](CNC(=O)c2ccn3nnnc3c2)N2CCOCC2)o1. The molecule has 4 rings (SSSR count). The molecule has 4 heterocycles. The standard InChI is InChI=1S/C17H20N6O3/c1-12-2-3-15(26-12)14(22-6-8-25-9-7-22)11-18-17(24)13-4-5-23-16(10-13)19-20-21-23/h2-5,10,14H,6-9,11H2,1H3,(H,18,24)/t14-/m0/s1. The first-order chi connectivity index (χ1) is 12.7. The number of nitrogens with one attached hydrogen (secondary N) is 1. The normalized spacial score (nSPS) is 16.7. The topological polar surface area (TPSA) is 97.8 Å². The molecule has 1 N–H and O–H groups in total. The Bertz CT molecular complexity index is 899. The number of furan rings is 1. The molecule has 3 aromatic rings. The molecule has 0 unspecified atom stereocenters. The van der Waals surface area contributed by atoms with Crippen LogP contribution < -0.4 is 5.32 Å². The maximum absolute atomic E-state index is 12.6. The number of morpholine rings is 1. The third-order valence-corrected chi connectivity index (χ3v) is 4.49. The number of carbonyl (C=O) groups excluding carboxylic acids is 1. The zero-order valence-electron chi connectivity index (χ0n) is 14.5. The Morgan fingerprint density at radius 2 is 2.15 bits per heavy atom. The van der Waals surface area contributed by atoms with E-state index in [0.717, 1.165) is 24.6 Å². The Kier molecular flexibility index (Phi) is 4.63. The summed E-state index contributed by atoms with van der Waals surface area (Å²) in [5.74, 6) is 1.54. The highest BCUT2D eigenvalue weighted by Gasteiger charge is 2.26. The first-order valence-corrected chi connectivity index (χ1v) is 8.55. The highest BCUT2D eigenvalue weighted by molar-refractivity contribution is 5.94. The van der Waals surface area contributed by atoms with E-state index in [2.05, 4.69) is 25.7 Å². The van der Waals surface area contributed by atoms with Crippen LogP contribution in [-0.2, 0) is 4.74 Å². The Hall–Kier alpha value is -2.78. The van der Waals surface area contributed by atoms with Gasteiger partial charge in [0.15, 0.2) is 5.65 Å². The number of aromatic nitrogens is 4. The van der Waals surface area contributed by atoms with Gasteiger partial charge in [-0.15, -0.1) is 5.10 Å². The first-order valence-electron chi connectivity index (χ1n) is 8.55. The maximum Gasteiger partial charge on any atom is 0.251 e.